The molecular weight excluding hydrogens is 415 g/mol. The normalized spacial score (nSPS) is 16.4. The van der Waals surface area contributed by atoms with Crippen LogP contribution in [0.3, 0.4) is 0 Å². The molecule has 0 atom stereocenters. The van der Waals surface area contributed by atoms with Gasteiger partial charge in [0.25, 0.3) is 0 Å². The highest BCUT2D eigenvalue weighted by atomic mass is 35.5. The maximum Gasteiger partial charge on any atom is 0.416 e. The molecule has 0 saturated carbocycles. The Morgan fingerprint density at radius 3 is 2.57 bits per heavy atom. The Morgan fingerprint density at radius 1 is 1.21 bits per heavy atom. The van der Waals surface area contributed by atoms with Gasteiger partial charge >= 0.3 is 6.18 Å². The minimum atomic E-state index is -4.56. The van der Waals surface area contributed by atoms with Crippen LogP contribution in [0.5, 0.6) is 5.75 Å². The summed E-state index contributed by atoms with van der Waals surface area (Å²) in [6, 6.07) is 9.81. The second-order valence-electron chi connectivity index (χ2n) is 5.58. The van der Waals surface area contributed by atoms with Crippen molar-refractivity contribution in [3.63, 3.8) is 0 Å². The van der Waals surface area contributed by atoms with Crippen molar-refractivity contribution in [2.75, 3.05) is 17.8 Å². The van der Waals surface area contributed by atoms with Gasteiger partial charge in [-0.05, 0) is 48.0 Å². The fourth-order valence-corrected chi connectivity index (χ4v) is 3.39. The van der Waals surface area contributed by atoms with E-state index in [4.69, 9.17) is 16.3 Å². The molecule has 0 aromatic heterocycles. The first-order valence-corrected chi connectivity index (χ1v) is 9.23. The highest BCUT2D eigenvalue weighted by Crippen LogP contribution is 2.38. The number of methoxy groups -OCH3 is 1. The van der Waals surface area contributed by atoms with Gasteiger partial charge in [-0.2, -0.15) is 18.3 Å². The fraction of sp³-hybridized carbons (Fsp3) is 0.167. The summed E-state index contributed by atoms with van der Waals surface area (Å²) >= 11 is 7.11. The molecule has 0 spiro atoms. The van der Waals surface area contributed by atoms with Gasteiger partial charge in [-0.15, -0.1) is 5.10 Å². The molecule has 1 aliphatic heterocycles. The zero-order valence-electron chi connectivity index (χ0n) is 14.4. The third kappa shape index (κ3) is 4.48. The van der Waals surface area contributed by atoms with E-state index in [1.165, 1.54) is 6.21 Å². The average Bonchev–Trinajstić information content (AvgIpc) is 3.02. The summed E-state index contributed by atoms with van der Waals surface area (Å²) in [7, 11) is 1.55. The number of amidine groups is 1. The molecule has 1 fully saturated rings. The van der Waals surface area contributed by atoms with E-state index in [2.05, 4.69) is 10.2 Å². The third-order valence-corrected chi connectivity index (χ3v) is 4.98. The van der Waals surface area contributed by atoms with Gasteiger partial charge < -0.3 is 4.74 Å². The molecule has 1 aliphatic rings. The lowest BCUT2D eigenvalue weighted by molar-refractivity contribution is -0.137. The standard InChI is InChI=1S/C18H13ClF3N3O2S/c1-27-13-5-2-11(3-6-13)9-23-24-17-25(16(26)10-28-17)15-8-12(18(20,21)22)4-7-14(15)19/h2-9H,10H2,1H3/b23-9+,24-17-. The number of hydrogen-bond donors (Lipinski definition) is 0. The molecule has 146 valence electrons. The van der Waals surface area contributed by atoms with Crippen LogP contribution in [0.15, 0.2) is 52.7 Å². The number of carbonyl (C=O) groups excluding carboxylic acids is 1. The van der Waals surface area contributed by atoms with Gasteiger partial charge in [0, 0.05) is 0 Å². The van der Waals surface area contributed by atoms with Gasteiger partial charge in [0.15, 0.2) is 5.17 Å². The van der Waals surface area contributed by atoms with Crippen LogP contribution >= 0.6 is 23.4 Å². The van der Waals surface area contributed by atoms with Crippen LogP contribution in [0, 0.1) is 0 Å². The summed E-state index contributed by atoms with van der Waals surface area (Å²) in [5.74, 6) is 0.291. The molecule has 3 rings (SSSR count). The van der Waals surface area contributed by atoms with E-state index in [1.54, 1.807) is 31.4 Å². The third-order valence-electron chi connectivity index (χ3n) is 3.75. The Hall–Kier alpha value is -2.52. The molecule has 0 N–H and O–H groups in total. The van der Waals surface area contributed by atoms with Crippen molar-refractivity contribution >= 4 is 46.3 Å². The SMILES string of the molecule is COc1ccc(/C=N/N=C2\SCC(=O)N2c2cc(C(F)(F)F)ccc2Cl)cc1. The number of hydrogen-bond acceptors (Lipinski definition) is 5. The van der Waals surface area contributed by atoms with Crippen molar-refractivity contribution in [2.24, 2.45) is 10.2 Å². The minimum absolute atomic E-state index is 0.00989. The molecule has 0 aliphatic carbocycles. The number of halogens is 4. The lowest BCUT2D eigenvalue weighted by atomic mass is 10.2. The van der Waals surface area contributed by atoms with Crippen molar-refractivity contribution in [2.45, 2.75) is 6.18 Å². The van der Waals surface area contributed by atoms with Crippen LogP contribution < -0.4 is 9.64 Å². The average molecular weight is 428 g/mol. The predicted molar refractivity (Wildman–Crippen MR) is 104 cm³/mol. The van der Waals surface area contributed by atoms with Crippen LogP contribution in [-0.4, -0.2) is 30.2 Å². The van der Waals surface area contributed by atoms with Gasteiger partial charge in [0.05, 0.1) is 35.4 Å². The van der Waals surface area contributed by atoms with E-state index in [0.717, 1.165) is 40.4 Å². The molecule has 2 aromatic rings. The lowest BCUT2D eigenvalue weighted by Crippen LogP contribution is -2.29. The summed E-state index contributed by atoms with van der Waals surface area (Å²) in [4.78, 5) is 13.3. The number of alkyl halides is 3. The van der Waals surface area contributed by atoms with E-state index < -0.39 is 17.6 Å². The molecule has 0 bridgehead atoms. The molecule has 2 aromatic carbocycles. The molecule has 10 heteroatoms. The second kappa shape index (κ2) is 8.24. The number of anilines is 1. The van der Waals surface area contributed by atoms with Crippen molar-refractivity contribution in [3.05, 3.63) is 58.6 Å². The van der Waals surface area contributed by atoms with Crippen LogP contribution in [0.1, 0.15) is 11.1 Å². The maximum atomic E-state index is 13.0. The molecule has 28 heavy (non-hydrogen) atoms. The van der Waals surface area contributed by atoms with E-state index in [-0.39, 0.29) is 21.6 Å². The van der Waals surface area contributed by atoms with Crippen molar-refractivity contribution < 1.29 is 22.7 Å². The quantitative estimate of drug-likeness (QED) is 0.518. The molecule has 1 amide bonds. The Kier molecular flexibility index (Phi) is 5.95. The number of thioether (sulfide) groups is 1. The number of amides is 1. The Morgan fingerprint density at radius 2 is 1.93 bits per heavy atom. The van der Waals surface area contributed by atoms with Crippen LogP contribution in [0.4, 0.5) is 18.9 Å². The second-order valence-corrected chi connectivity index (χ2v) is 6.93. The highest BCUT2D eigenvalue weighted by Gasteiger charge is 2.35. The van der Waals surface area contributed by atoms with Crippen LogP contribution in [-0.2, 0) is 11.0 Å². The summed E-state index contributed by atoms with van der Waals surface area (Å²) in [5.41, 5.74) is -0.245. The summed E-state index contributed by atoms with van der Waals surface area (Å²) in [5, 5.41) is 8.08. The first-order valence-electron chi connectivity index (χ1n) is 7.87. The number of nitrogens with zero attached hydrogens (tertiary/aromatic N) is 3. The maximum absolute atomic E-state index is 13.0. The van der Waals surface area contributed by atoms with E-state index in [1.807, 2.05) is 0 Å². The molecule has 0 radical (unpaired) electrons. The van der Waals surface area contributed by atoms with Gasteiger partial charge in [0.2, 0.25) is 5.91 Å². The fourth-order valence-electron chi connectivity index (χ4n) is 2.37. The molecular formula is C18H13ClF3N3O2S. The molecule has 1 saturated heterocycles. The van der Waals surface area contributed by atoms with Crippen LogP contribution in [0.25, 0.3) is 0 Å². The molecule has 1 heterocycles. The van der Waals surface area contributed by atoms with Crippen molar-refractivity contribution in [1.29, 1.82) is 0 Å². The number of benzene rings is 2. The summed E-state index contributed by atoms with van der Waals surface area (Å²) < 4.78 is 44.1. The van der Waals surface area contributed by atoms with Gasteiger partial charge in [-0.1, -0.05) is 23.4 Å². The monoisotopic (exact) mass is 427 g/mol. The highest BCUT2D eigenvalue weighted by molar-refractivity contribution is 8.15. The first kappa shape index (κ1) is 20.2. The van der Waals surface area contributed by atoms with E-state index in [0.29, 0.717) is 5.75 Å². The summed E-state index contributed by atoms with van der Waals surface area (Å²) in [6.45, 7) is 0. The topological polar surface area (TPSA) is 54.3 Å². The Bertz CT molecular complexity index is 946. The number of ether oxygens (including phenoxy) is 1. The van der Waals surface area contributed by atoms with Gasteiger partial charge in [-0.25, -0.2) is 0 Å². The molecule has 0 unspecified atom stereocenters. The van der Waals surface area contributed by atoms with Gasteiger partial charge in [-0.3, -0.25) is 9.69 Å². The number of carbonyl (C=O) groups is 1. The van der Waals surface area contributed by atoms with Crippen molar-refractivity contribution in [3.8, 4) is 5.75 Å². The first-order chi connectivity index (χ1) is 13.3. The lowest BCUT2D eigenvalue weighted by Gasteiger charge is -2.18. The smallest absolute Gasteiger partial charge is 0.416 e. The number of rotatable bonds is 4. The zero-order valence-corrected chi connectivity index (χ0v) is 16.0. The zero-order chi connectivity index (χ0) is 20.3. The van der Waals surface area contributed by atoms with Gasteiger partial charge in [0.1, 0.15) is 5.75 Å². The van der Waals surface area contributed by atoms with E-state index in [9.17, 15) is 18.0 Å². The van der Waals surface area contributed by atoms with Crippen molar-refractivity contribution in [1.82, 2.24) is 0 Å². The largest absolute Gasteiger partial charge is 0.497 e. The minimum Gasteiger partial charge on any atom is -0.497 e. The van der Waals surface area contributed by atoms with Crippen LogP contribution in [0.2, 0.25) is 5.02 Å². The van der Waals surface area contributed by atoms with E-state index >= 15 is 0 Å². The molecule has 5 nitrogen and oxygen atoms in total. The summed E-state index contributed by atoms with van der Waals surface area (Å²) in [6.07, 6.45) is -3.10. The Balaban J connectivity index is 1.89. The Labute approximate surface area is 167 Å². The predicted octanol–water partition coefficient (Wildman–Crippen LogP) is 4.84.